The number of esters is 1. The van der Waals surface area contributed by atoms with Gasteiger partial charge in [0.2, 0.25) is 0 Å². The number of rotatable bonds is 4. The van der Waals surface area contributed by atoms with Gasteiger partial charge < -0.3 is 10.1 Å². The summed E-state index contributed by atoms with van der Waals surface area (Å²) in [5.41, 5.74) is 1.94. The fourth-order valence-corrected chi connectivity index (χ4v) is 2.21. The minimum absolute atomic E-state index is 0.0298. The van der Waals surface area contributed by atoms with E-state index in [1.54, 1.807) is 24.3 Å². The van der Waals surface area contributed by atoms with E-state index in [2.05, 4.69) is 15.4 Å². The number of hydrogen-bond donors (Lipinski definition) is 2. The third-order valence-electron chi connectivity index (χ3n) is 3.34. The van der Waals surface area contributed by atoms with Gasteiger partial charge in [-0.3, -0.25) is 14.9 Å². The molecule has 2 N–H and O–H groups in total. The fourth-order valence-electron chi connectivity index (χ4n) is 2.00. The molecule has 6 nitrogen and oxygen atoms in total. The number of thiocarbonyl (C=S) groups is 1. The van der Waals surface area contributed by atoms with Crippen LogP contribution < -0.4 is 10.6 Å². The molecule has 0 spiro atoms. The van der Waals surface area contributed by atoms with Crippen LogP contribution in [0.25, 0.3) is 0 Å². The second-order valence-electron chi connectivity index (χ2n) is 5.11. The molecule has 0 atom stereocenters. The summed E-state index contributed by atoms with van der Waals surface area (Å²) >= 11 is 5.10. The van der Waals surface area contributed by atoms with Gasteiger partial charge in [-0.15, -0.1) is 0 Å². The molecule has 0 aliphatic carbocycles. The number of carbonyl (C=O) groups excluding carboxylic acids is 3. The highest BCUT2D eigenvalue weighted by Crippen LogP contribution is 2.10. The van der Waals surface area contributed by atoms with Crippen molar-refractivity contribution in [1.82, 2.24) is 5.32 Å². The fraction of sp³-hybridized carbons (Fsp3) is 0.111. The Bertz CT molecular complexity index is 814. The van der Waals surface area contributed by atoms with Gasteiger partial charge in [-0.1, -0.05) is 0 Å². The van der Waals surface area contributed by atoms with Crippen molar-refractivity contribution < 1.29 is 19.1 Å². The van der Waals surface area contributed by atoms with Crippen molar-refractivity contribution in [2.75, 3.05) is 12.4 Å². The average Bonchev–Trinajstić information content (AvgIpc) is 2.61. The standard InChI is InChI=1S/C18H16N2O4S/c1-11(21)12-7-9-15(10-8-12)19-18(25)20-16(22)13-3-5-14(6-4-13)17(23)24-2/h3-10H,1-2H3,(H2,19,20,22,25). The van der Waals surface area contributed by atoms with E-state index in [9.17, 15) is 14.4 Å². The Morgan fingerprint density at radius 2 is 1.40 bits per heavy atom. The number of benzene rings is 2. The Morgan fingerprint density at radius 3 is 1.92 bits per heavy atom. The summed E-state index contributed by atoms with van der Waals surface area (Å²) in [6.07, 6.45) is 0. The first-order valence-corrected chi connectivity index (χ1v) is 7.73. The molecule has 2 aromatic rings. The summed E-state index contributed by atoms with van der Waals surface area (Å²) in [7, 11) is 1.29. The zero-order valence-corrected chi connectivity index (χ0v) is 14.5. The van der Waals surface area contributed by atoms with Crippen molar-refractivity contribution in [2.45, 2.75) is 6.92 Å². The van der Waals surface area contributed by atoms with Crippen LogP contribution in [-0.2, 0) is 4.74 Å². The lowest BCUT2D eigenvalue weighted by Crippen LogP contribution is -2.34. The van der Waals surface area contributed by atoms with E-state index in [4.69, 9.17) is 12.2 Å². The third-order valence-corrected chi connectivity index (χ3v) is 3.55. The molecule has 0 bridgehead atoms. The highest BCUT2D eigenvalue weighted by atomic mass is 32.1. The Balaban J connectivity index is 1.96. The Labute approximate surface area is 150 Å². The average molecular weight is 356 g/mol. The summed E-state index contributed by atoms with van der Waals surface area (Å²) in [6.45, 7) is 1.48. The Hall–Kier alpha value is -3.06. The van der Waals surface area contributed by atoms with Crippen molar-refractivity contribution in [3.8, 4) is 0 Å². The maximum Gasteiger partial charge on any atom is 0.337 e. The van der Waals surface area contributed by atoms with E-state index >= 15 is 0 Å². The predicted octanol–water partition coefficient (Wildman–Crippen LogP) is 2.80. The SMILES string of the molecule is COC(=O)c1ccc(C(=O)NC(=S)Nc2ccc(C(C)=O)cc2)cc1. The van der Waals surface area contributed by atoms with Crippen LogP contribution >= 0.6 is 12.2 Å². The molecular weight excluding hydrogens is 340 g/mol. The zero-order valence-electron chi connectivity index (χ0n) is 13.7. The van der Waals surface area contributed by atoms with Gasteiger partial charge in [-0.2, -0.15) is 0 Å². The van der Waals surface area contributed by atoms with Gasteiger partial charge in [0.05, 0.1) is 12.7 Å². The summed E-state index contributed by atoms with van der Waals surface area (Å²) in [5.74, 6) is -0.912. The number of carbonyl (C=O) groups is 3. The number of anilines is 1. The van der Waals surface area contributed by atoms with Crippen LogP contribution in [-0.4, -0.2) is 29.9 Å². The van der Waals surface area contributed by atoms with Crippen molar-refractivity contribution in [3.63, 3.8) is 0 Å². The van der Waals surface area contributed by atoms with Gasteiger partial charge in [0.1, 0.15) is 0 Å². The molecule has 1 amide bonds. The van der Waals surface area contributed by atoms with Crippen LogP contribution in [0.4, 0.5) is 5.69 Å². The van der Waals surface area contributed by atoms with E-state index in [0.717, 1.165) is 0 Å². The quantitative estimate of drug-likeness (QED) is 0.498. The highest BCUT2D eigenvalue weighted by Gasteiger charge is 2.10. The molecule has 0 fully saturated rings. The maximum absolute atomic E-state index is 12.1. The Morgan fingerprint density at radius 1 is 0.880 bits per heavy atom. The number of amides is 1. The van der Waals surface area contributed by atoms with Crippen molar-refractivity contribution in [1.29, 1.82) is 0 Å². The van der Waals surface area contributed by atoms with Crippen LogP contribution in [0, 0.1) is 0 Å². The van der Waals surface area contributed by atoms with E-state index < -0.39 is 11.9 Å². The number of hydrogen-bond acceptors (Lipinski definition) is 5. The number of ketones is 1. The van der Waals surface area contributed by atoms with Crippen LogP contribution in [0.3, 0.4) is 0 Å². The van der Waals surface area contributed by atoms with Crippen LogP contribution in [0.1, 0.15) is 38.0 Å². The van der Waals surface area contributed by atoms with E-state index in [1.165, 1.54) is 38.3 Å². The molecule has 128 valence electrons. The Kier molecular flexibility index (Phi) is 5.97. The second-order valence-corrected chi connectivity index (χ2v) is 5.52. The minimum atomic E-state index is -0.474. The van der Waals surface area contributed by atoms with Crippen molar-refractivity contribution in [2.24, 2.45) is 0 Å². The lowest BCUT2D eigenvalue weighted by Gasteiger charge is -2.10. The molecule has 0 aliphatic rings. The van der Waals surface area contributed by atoms with Gasteiger partial charge in [-0.05, 0) is 67.7 Å². The van der Waals surface area contributed by atoms with Gasteiger partial charge in [0.15, 0.2) is 10.9 Å². The second kappa shape index (κ2) is 8.16. The molecule has 0 radical (unpaired) electrons. The first kappa shape index (κ1) is 18.3. The van der Waals surface area contributed by atoms with Gasteiger partial charge in [-0.25, -0.2) is 4.79 Å². The van der Waals surface area contributed by atoms with Crippen molar-refractivity contribution >= 4 is 40.7 Å². The number of ether oxygens (including phenoxy) is 1. The molecule has 25 heavy (non-hydrogen) atoms. The minimum Gasteiger partial charge on any atom is -0.465 e. The molecule has 0 heterocycles. The van der Waals surface area contributed by atoms with E-state index in [0.29, 0.717) is 22.4 Å². The first-order valence-electron chi connectivity index (χ1n) is 7.32. The number of methoxy groups -OCH3 is 1. The zero-order chi connectivity index (χ0) is 18.4. The lowest BCUT2D eigenvalue weighted by molar-refractivity contribution is 0.0600. The molecule has 2 aromatic carbocycles. The number of Topliss-reactive ketones (excluding diaryl/α,β-unsaturated/α-hetero) is 1. The molecule has 0 saturated heterocycles. The molecule has 7 heteroatoms. The molecule has 0 saturated carbocycles. The molecule has 2 rings (SSSR count). The van der Waals surface area contributed by atoms with Gasteiger partial charge in [0.25, 0.3) is 5.91 Å². The molecule has 0 aromatic heterocycles. The summed E-state index contributed by atoms with van der Waals surface area (Å²) in [6, 6.07) is 12.7. The first-order chi connectivity index (χ1) is 11.9. The van der Waals surface area contributed by atoms with Crippen LogP contribution in [0.2, 0.25) is 0 Å². The molecule has 0 unspecified atom stereocenters. The number of nitrogens with one attached hydrogen (secondary N) is 2. The van der Waals surface area contributed by atoms with Gasteiger partial charge in [0, 0.05) is 16.8 Å². The predicted molar refractivity (Wildman–Crippen MR) is 97.9 cm³/mol. The monoisotopic (exact) mass is 356 g/mol. The van der Waals surface area contributed by atoms with E-state index in [-0.39, 0.29) is 10.9 Å². The summed E-state index contributed by atoms with van der Waals surface area (Å²) < 4.78 is 4.60. The molecular formula is C18H16N2O4S. The topological polar surface area (TPSA) is 84.5 Å². The maximum atomic E-state index is 12.1. The van der Waals surface area contributed by atoms with Crippen molar-refractivity contribution in [3.05, 3.63) is 65.2 Å². The van der Waals surface area contributed by atoms with E-state index in [1.807, 2.05) is 0 Å². The molecule has 0 aliphatic heterocycles. The summed E-state index contributed by atoms with van der Waals surface area (Å²) in [5, 5.41) is 5.53. The van der Waals surface area contributed by atoms with Crippen LogP contribution in [0.15, 0.2) is 48.5 Å². The third kappa shape index (κ3) is 4.95. The normalized spacial score (nSPS) is 9.84. The van der Waals surface area contributed by atoms with Crippen LogP contribution in [0.5, 0.6) is 0 Å². The lowest BCUT2D eigenvalue weighted by atomic mass is 10.1. The summed E-state index contributed by atoms with van der Waals surface area (Å²) in [4.78, 5) is 34.7. The largest absolute Gasteiger partial charge is 0.465 e. The smallest absolute Gasteiger partial charge is 0.337 e. The highest BCUT2D eigenvalue weighted by molar-refractivity contribution is 7.80. The van der Waals surface area contributed by atoms with Gasteiger partial charge >= 0.3 is 5.97 Å².